The summed E-state index contributed by atoms with van der Waals surface area (Å²) in [5.74, 6) is 0.145. The lowest BCUT2D eigenvalue weighted by atomic mass is 9.96. The molecule has 1 atom stereocenters. The van der Waals surface area contributed by atoms with E-state index >= 15 is 0 Å². The third kappa shape index (κ3) is 4.72. The number of likely N-dealkylation sites (tertiary alicyclic amines) is 1. The Kier molecular flexibility index (Phi) is 5.91. The van der Waals surface area contributed by atoms with Crippen molar-refractivity contribution in [3.8, 4) is 0 Å². The molecule has 3 amide bonds. The largest absolute Gasteiger partial charge is 0.341 e. The SMILES string of the molecule is CN1CCCN(C(=O)C2CCCN(C(=O)Nc3ccccc3)C2)CC1. The van der Waals surface area contributed by atoms with Crippen molar-refractivity contribution < 1.29 is 9.59 Å². The molecule has 1 aromatic rings. The number of para-hydroxylation sites is 1. The molecule has 6 nitrogen and oxygen atoms in total. The average Bonchev–Trinajstić information content (AvgIpc) is 2.86. The number of amides is 3. The van der Waals surface area contributed by atoms with Crippen LogP contribution < -0.4 is 5.32 Å². The lowest BCUT2D eigenvalue weighted by molar-refractivity contribution is -0.136. The molecular formula is C19H28N4O2. The number of piperidine rings is 1. The predicted octanol–water partition coefficient (Wildman–Crippen LogP) is 2.09. The average molecular weight is 344 g/mol. The highest BCUT2D eigenvalue weighted by molar-refractivity contribution is 5.90. The highest BCUT2D eigenvalue weighted by Gasteiger charge is 2.31. The van der Waals surface area contributed by atoms with Gasteiger partial charge in [0.1, 0.15) is 0 Å². The molecule has 25 heavy (non-hydrogen) atoms. The summed E-state index contributed by atoms with van der Waals surface area (Å²) in [6.07, 6.45) is 2.78. The molecule has 2 heterocycles. The van der Waals surface area contributed by atoms with Crippen molar-refractivity contribution in [3.63, 3.8) is 0 Å². The standard InChI is InChI=1S/C19H28N4O2/c1-21-10-6-12-22(14-13-21)18(24)16-7-5-11-23(15-16)19(25)20-17-8-3-2-4-9-17/h2-4,8-9,16H,5-7,10-15H2,1H3,(H,20,25). The summed E-state index contributed by atoms with van der Waals surface area (Å²) in [4.78, 5) is 31.4. The second-order valence-electron chi connectivity index (χ2n) is 7.06. The van der Waals surface area contributed by atoms with E-state index in [0.29, 0.717) is 13.1 Å². The number of nitrogens with one attached hydrogen (secondary N) is 1. The third-order valence-corrected chi connectivity index (χ3v) is 5.11. The third-order valence-electron chi connectivity index (χ3n) is 5.11. The van der Waals surface area contributed by atoms with Gasteiger partial charge < -0.3 is 20.0 Å². The zero-order valence-electron chi connectivity index (χ0n) is 15.0. The Morgan fingerprint density at radius 1 is 0.960 bits per heavy atom. The Hall–Kier alpha value is -2.08. The van der Waals surface area contributed by atoms with Crippen molar-refractivity contribution in [2.75, 3.05) is 51.6 Å². The monoisotopic (exact) mass is 344 g/mol. The molecule has 3 rings (SSSR count). The van der Waals surface area contributed by atoms with E-state index < -0.39 is 0 Å². The van der Waals surface area contributed by atoms with Gasteiger partial charge in [0.25, 0.3) is 0 Å². The van der Waals surface area contributed by atoms with Crippen LogP contribution in [0.2, 0.25) is 0 Å². The molecule has 2 saturated heterocycles. The second kappa shape index (κ2) is 8.34. The molecule has 0 aliphatic carbocycles. The van der Waals surface area contributed by atoms with Crippen LogP contribution >= 0.6 is 0 Å². The summed E-state index contributed by atoms with van der Waals surface area (Å²) in [6, 6.07) is 9.35. The molecule has 0 saturated carbocycles. The quantitative estimate of drug-likeness (QED) is 0.894. The Morgan fingerprint density at radius 2 is 1.72 bits per heavy atom. The molecule has 0 bridgehead atoms. The van der Waals surface area contributed by atoms with Crippen molar-refractivity contribution in [2.24, 2.45) is 5.92 Å². The van der Waals surface area contributed by atoms with Gasteiger partial charge in [0.15, 0.2) is 0 Å². The van der Waals surface area contributed by atoms with Crippen LogP contribution in [0.25, 0.3) is 0 Å². The first-order valence-corrected chi connectivity index (χ1v) is 9.22. The van der Waals surface area contributed by atoms with Crippen LogP contribution in [-0.4, -0.2) is 73.0 Å². The maximum atomic E-state index is 12.9. The molecule has 136 valence electrons. The van der Waals surface area contributed by atoms with Crippen molar-refractivity contribution in [3.05, 3.63) is 30.3 Å². The molecule has 0 spiro atoms. The smallest absolute Gasteiger partial charge is 0.321 e. The highest BCUT2D eigenvalue weighted by atomic mass is 16.2. The van der Waals surface area contributed by atoms with Gasteiger partial charge in [-0.2, -0.15) is 0 Å². The summed E-state index contributed by atoms with van der Waals surface area (Å²) in [7, 11) is 2.10. The number of carbonyl (C=O) groups excluding carboxylic acids is 2. The lowest BCUT2D eigenvalue weighted by Crippen LogP contribution is -2.48. The van der Waals surface area contributed by atoms with Crippen molar-refractivity contribution in [1.82, 2.24) is 14.7 Å². The Morgan fingerprint density at radius 3 is 2.52 bits per heavy atom. The van der Waals surface area contributed by atoms with E-state index in [2.05, 4.69) is 17.3 Å². The van der Waals surface area contributed by atoms with Crippen molar-refractivity contribution in [2.45, 2.75) is 19.3 Å². The molecule has 6 heteroatoms. The number of urea groups is 1. The van der Waals surface area contributed by atoms with Gasteiger partial charge in [0.05, 0.1) is 5.92 Å². The molecule has 1 aromatic carbocycles. The van der Waals surface area contributed by atoms with Gasteiger partial charge in [-0.15, -0.1) is 0 Å². The van der Waals surface area contributed by atoms with Crippen LogP contribution in [0.3, 0.4) is 0 Å². The Balaban J connectivity index is 1.56. The topological polar surface area (TPSA) is 55.9 Å². The zero-order valence-corrected chi connectivity index (χ0v) is 15.0. The summed E-state index contributed by atoms with van der Waals surface area (Å²) < 4.78 is 0. The maximum Gasteiger partial charge on any atom is 0.321 e. The van der Waals surface area contributed by atoms with Crippen LogP contribution in [0.1, 0.15) is 19.3 Å². The molecule has 2 aliphatic heterocycles. The second-order valence-corrected chi connectivity index (χ2v) is 7.06. The maximum absolute atomic E-state index is 12.9. The Labute approximate surface area is 149 Å². The normalized spacial score (nSPS) is 22.4. The minimum atomic E-state index is -0.112. The van der Waals surface area contributed by atoms with Gasteiger partial charge in [0, 0.05) is 38.4 Å². The van der Waals surface area contributed by atoms with Gasteiger partial charge in [-0.3, -0.25) is 4.79 Å². The minimum Gasteiger partial charge on any atom is -0.341 e. The van der Waals surface area contributed by atoms with Gasteiger partial charge in [-0.1, -0.05) is 18.2 Å². The fourth-order valence-electron chi connectivity index (χ4n) is 3.61. The molecule has 0 aromatic heterocycles. The van der Waals surface area contributed by atoms with Gasteiger partial charge >= 0.3 is 6.03 Å². The van der Waals surface area contributed by atoms with E-state index in [0.717, 1.165) is 51.1 Å². The Bertz CT molecular complexity index is 592. The van der Waals surface area contributed by atoms with Crippen molar-refractivity contribution in [1.29, 1.82) is 0 Å². The number of hydrogen-bond donors (Lipinski definition) is 1. The molecule has 2 fully saturated rings. The number of hydrogen-bond acceptors (Lipinski definition) is 3. The highest BCUT2D eigenvalue weighted by Crippen LogP contribution is 2.21. The van der Waals surface area contributed by atoms with Gasteiger partial charge in [-0.25, -0.2) is 4.79 Å². The molecule has 1 N–H and O–H groups in total. The van der Waals surface area contributed by atoms with Crippen LogP contribution in [0.15, 0.2) is 30.3 Å². The van der Waals surface area contributed by atoms with E-state index in [1.54, 1.807) is 4.90 Å². The van der Waals surface area contributed by atoms with E-state index in [1.807, 2.05) is 35.2 Å². The fourth-order valence-corrected chi connectivity index (χ4v) is 3.61. The molecule has 2 aliphatic rings. The van der Waals surface area contributed by atoms with Crippen LogP contribution in [0.5, 0.6) is 0 Å². The summed E-state index contributed by atoms with van der Waals surface area (Å²) in [5.41, 5.74) is 0.788. The number of carbonyl (C=O) groups is 2. The van der Waals surface area contributed by atoms with E-state index in [4.69, 9.17) is 0 Å². The summed E-state index contributed by atoms with van der Waals surface area (Å²) in [6.45, 7) is 4.82. The number of rotatable bonds is 2. The van der Waals surface area contributed by atoms with E-state index in [-0.39, 0.29) is 17.9 Å². The van der Waals surface area contributed by atoms with Gasteiger partial charge in [-0.05, 0) is 45.0 Å². The first kappa shape index (κ1) is 17.7. The van der Waals surface area contributed by atoms with Crippen LogP contribution in [-0.2, 0) is 4.79 Å². The van der Waals surface area contributed by atoms with E-state index in [9.17, 15) is 9.59 Å². The number of anilines is 1. The fraction of sp³-hybridized carbons (Fsp3) is 0.579. The first-order valence-electron chi connectivity index (χ1n) is 9.22. The van der Waals surface area contributed by atoms with E-state index in [1.165, 1.54) is 0 Å². The minimum absolute atomic E-state index is 0.0707. The molecular weight excluding hydrogens is 316 g/mol. The van der Waals surface area contributed by atoms with Crippen LogP contribution in [0, 0.1) is 5.92 Å². The molecule has 0 radical (unpaired) electrons. The lowest BCUT2D eigenvalue weighted by Gasteiger charge is -2.34. The zero-order chi connectivity index (χ0) is 17.6. The van der Waals surface area contributed by atoms with Gasteiger partial charge in [0.2, 0.25) is 5.91 Å². The van der Waals surface area contributed by atoms with Crippen LogP contribution in [0.4, 0.5) is 10.5 Å². The predicted molar refractivity (Wildman–Crippen MR) is 98.5 cm³/mol. The number of benzene rings is 1. The number of likely N-dealkylation sites (N-methyl/N-ethyl adjacent to an activating group) is 1. The summed E-state index contributed by atoms with van der Waals surface area (Å²) in [5, 5.41) is 2.92. The summed E-state index contributed by atoms with van der Waals surface area (Å²) >= 11 is 0. The van der Waals surface area contributed by atoms with Crippen molar-refractivity contribution >= 4 is 17.6 Å². The molecule has 1 unspecified atom stereocenters. The first-order chi connectivity index (χ1) is 12.1. The number of nitrogens with zero attached hydrogens (tertiary/aromatic N) is 3.